The molecule has 0 bridgehead atoms. The Morgan fingerprint density at radius 2 is 2.29 bits per heavy atom. The first-order chi connectivity index (χ1) is 8.16. The molecule has 17 heavy (non-hydrogen) atoms. The summed E-state index contributed by atoms with van der Waals surface area (Å²) in [4.78, 5) is 16.3. The summed E-state index contributed by atoms with van der Waals surface area (Å²) in [6.45, 7) is 2.04. The molecule has 1 aromatic carbocycles. The number of rotatable bonds is 0. The lowest BCUT2D eigenvalue weighted by atomic mass is 10.1. The Bertz CT molecular complexity index is 478. The van der Waals surface area contributed by atoms with E-state index in [1.807, 2.05) is 30.1 Å². The molecule has 0 spiro atoms. The van der Waals surface area contributed by atoms with E-state index in [-0.39, 0.29) is 12.1 Å². The highest BCUT2D eigenvalue weighted by atomic mass is 79.9. The lowest BCUT2D eigenvalue weighted by Crippen LogP contribution is -2.39. The molecule has 1 aromatic rings. The van der Waals surface area contributed by atoms with Crippen LogP contribution < -0.4 is 4.90 Å². The minimum absolute atomic E-state index is 0.0688. The Morgan fingerprint density at radius 3 is 3.12 bits per heavy atom. The van der Waals surface area contributed by atoms with Gasteiger partial charge in [-0.15, -0.1) is 0 Å². The minimum atomic E-state index is -0.112. The van der Waals surface area contributed by atoms with Gasteiger partial charge >= 0.3 is 0 Å². The van der Waals surface area contributed by atoms with Crippen LogP contribution in [0.3, 0.4) is 0 Å². The molecule has 1 atom stereocenters. The van der Waals surface area contributed by atoms with Crippen molar-refractivity contribution >= 4 is 27.5 Å². The van der Waals surface area contributed by atoms with E-state index >= 15 is 0 Å². The molecule has 1 saturated heterocycles. The number of hydrogen-bond donors (Lipinski definition) is 0. The van der Waals surface area contributed by atoms with Gasteiger partial charge in [-0.2, -0.15) is 0 Å². The highest BCUT2D eigenvalue weighted by Crippen LogP contribution is 2.30. The number of carbonyl (C=O) groups excluding carboxylic acids is 1. The third-order valence-corrected chi connectivity index (χ3v) is 3.78. The fraction of sp³-hybridized carbons (Fsp3) is 0.417. The van der Waals surface area contributed by atoms with Gasteiger partial charge in [0.25, 0.3) is 5.91 Å². The number of fused-ring (bicyclic) bond motifs is 2. The van der Waals surface area contributed by atoms with E-state index in [2.05, 4.69) is 20.8 Å². The van der Waals surface area contributed by atoms with Crippen molar-refractivity contribution in [3.63, 3.8) is 0 Å². The van der Waals surface area contributed by atoms with Crippen molar-refractivity contribution in [2.24, 2.45) is 0 Å². The van der Waals surface area contributed by atoms with Gasteiger partial charge in [0, 0.05) is 18.1 Å². The second kappa shape index (κ2) is 3.99. The molecule has 90 valence electrons. The second-order valence-corrected chi connectivity index (χ2v) is 5.28. The zero-order valence-electron chi connectivity index (χ0n) is 9.52. The Labute approximate surface area is 108 Å². The predicted molar refractivity (Wildman–Crippen MR) is 68.2 cm³/mol. The van der Waals surface area contributed by atoms with Gasteiger partial charge in [-0.05, 0) is 18.2 Å². The molecule has 1 unspecified atom stereocenters. The Hall–Kier alpha value is -1.07. The smallest absolute Gasteiger partial charge is 0.258 e. The van der Waals surface area contributed by atoms with E-state index in [9.17, 15) is 4.79 Å². The average molecular weight is 297 g/mol. The average Bonchev–Trinajstić information content (AvgIpc) is 2.72. The van der Waals surface area contributed by atoms with Crippen molar-refractivity contribution in [2.75, 3.05) is 31.6 Å². The number of likely N-dealkylation sites (N-methyl/N-ethyl adjacent to an activating group) is 1. The molecule has 2 aliphatic heterocycles. The van der Waals surface area contributed by atoms with Gasteiger partial charge in [-0.25, -0.2) is 0 Å². The van der Waals surface area contributed by atoms with Crippen LogP contribution in [0.4, 0.5) is 5.69 Å². The maximum Gasteiger partial charge on any atom is 0.258 e. The largest absolute Gasteiger partial charge is 0.369 e. The van der Waals surface area contributed by atoms with Crippen molar-refractivity contribution in [2.45, 2.75) is 6.23 Å². The first-order valence-corrected chi connectivity index (χ1v) is 6.39. The zero-order chi connectivity index (χ0) is 12.0. The minimum Gasteiger partial charge on any atom is -0.369 e. The van der Waals surface area contributed by atoms with Crippen LogP contribution in [-0.4, -0.2) is 43.8 Å². The summed E-state index contributed by atoms with van der Waals surface area (Å²) < 4.78 is 6.58. The maximum absolute atomic E-state index is 12.4. The van der Waals surface area contributed by atoms with Gasteiger partial charge in [0.2, 0.25) is 0 Å². The molecule has 0 saturated carbocycles. The van der Waals surface area contributed by atoms with Crippen molar-refractivity contribution in [3.05, 3.63) is 28.2 Å². The number of anilines is 1. The first-order valence-electron chi connectivity index (χ1n) is 5.60. The summed E-state index contributed by atoms with van der Waals surface area (Å²) in [5.41, 5.74) is 1.71. The number of halogens is 1. The molecule has 1 amide bonds. The summed E-state index contributed by atoms with van der Waals surface area (Å²) in [5.74, 6) is 0.0688. The third kappa shape index (κ3) is 1.73. The van der Waals surface area contributed by atoms with Gasteiger partial charge in [-0.1, -0.05) is 15.9 Å². The zero-order valence-corrected chi connectivity index (χ0v) is 11.1. The number of amides is 1. The molecule has 0 aliphatic carbocycles. The highest BCUT2D eigenvalue weighted by Gasteiger charge is 2.35. The number of benzene rings is 1. The van der Waals surface area contributed by atoms with Crippen LogP contribution in [0.5, 0.6) is 0 Å². The van der Waals surface area contributed by atoms with Crippen LogP contribution >= 0.6 is 15.9 Å². The van der Waals surface area contributed by atoms with Crippen LogP contribution in [0.25, 0.3) is 0 Å². The molecule has 0 N–H and O–H groups in total. The van der Waals surface area contributed by atoms with E-state index < -0.39 is 0 Å². The molecule has 3 rings (SSSR count). The van der Waals surface area contributed by atoms with Crippen molar-refractivity contribution < 1.29 is 9.53 Å². The summed E-state index contributed by atoms with van der Waals surface area (Å²) >= 11 is 3.44. The van der Waals surface area contributed by atoms with E-state index in [0.29, 0.717) is 13.2 Å². The van der Waals surface area contributed by atoms with E-state index in [1.165, 1.54) is 0 Å². The quantitative estimate of drug-likeness (QED) is 0.730. The topological polar surface area (TPSA) is 32.8 Å². The van der Waals surface area contributed by atoms with Crippen molar-refractivity contribution in [1.29, 1.82) is 0 Å². The molecule has 0 radical (unpaired) electrons. The van der Waals surface area contributed by atoms with Crippen LogP contribution in [0.2, 0.25) is 0 Å². The van der Waals surface area contributed by atoms with Gasteiger partial charge in [0.15, 0.2) is 0 Å². The van der Waals surface area contributed by atoms with Crippen molar-refractivity contribution in [1.82, 2.24) is 4.90 Å². The fourth-order valence-corrected chi connectivity index (χ4v) is 2.74. The number of hydrogen-bond acceptors (Lipinski definition) is 3. The van der Waals surface area contributed by atoms with E-state index in [4.69, 9.17) is 4.74 Å². The lowest BCUT2D eigenvalue weighted by molar-refractivity contribution is 0.0343. The molecule has 4 nitrogen and oxygen atoms in total. The highest BCUT2D eigenvalue weighted by molar-refractivity contribution is 9.10. The molecule has 0 aromatic heterocycles. The van der Waals surface area contributed by atoms with Crippen LogP contribution in [0.1, 0.15) is 10.4 Å². The normalized spacial score (nSPS) is 23.4. The lowest BCUT2D eigenvalue weighted by Gasteiger charge is -2.23. The van der Waals surface area contributed by atoms with Crippen molar-refractivity contribution in [3.8, 4) is 0 Å². The van der Waals surface area contributed by atoms with E-state index in [0.717, 1.165) is 22.3 Å². The Kier molecular flexibility index (Phi) is 2.60. The second-order valence-electron chi connectivity index (χ2n) is 4.37. The molecular formula is C12H13BrN2O2. The SMILES string of the molecule is CN1CC2OCCN2C(=O)c2ccc(Br)cc21. The fourth-order valence-electron chi connectivity index (χ4n) is 2.39. The summed E-state index contributed by atoms with van der Waals surface area (Å²) in [7, 11) is 1.99. The Balaban J connectivity index is 2.10. The maximum atomic E-state index is 12.4. The number of carbonyl (C=O) groups is 1. The monoisotopic (exact) mass is 296 g/mol. The molecular weight excluding hydrogens is 284 g/mol. The van der Waals surface area contributed by atoms with Crippen LogP contribution in [0.15, 0.2) is 22.7 Å². The number of nitrogens with zero attached hydrogens (tertiary/aromatic N) is 2. The molecule has 5 heteroatoms. The molecule has 1 fully saturated rings. The summed E-state index contributed by atoms with van der Waals surface area (Å²) in [6.07, 6.45) is -0.112. The Morgan fingerprint density at radius 1 is 1.47 bits per heavy atom. The first kappa shape index (κ1) is 11.0. The molecule has 2 aliphatic rings. The van der Waals surface area contributed by atoms with Gasteiger partial charge in [0.05, 0.1) is 24.4 Å². The van der Waals surface area contributed by atoms with Gasteiger partial charge in [0.1, 0.15) is 6.23 Å². The third-order valence-electron chi connectivity index (χ3n) is 3.28. The summed E-state index contributed by atoms with van der Waals surface area (Å²) in [5, 5.41) is 0. The predicted octanol–water partition coefficient (Wildman–Crippen LogP) is 1.70. The standard InChI is InChI=1S/C12H13BrN2O2/c1-14-7-11-15(4-5-17-11)12(16)9-3-2-8(13)6-10(9)14/h2-3,6,11H,4-5,7H2,1H3. The summed E-state index contributed by atoms with van der Waals surface area (Å²) in [6, 6.07) is 5.76. The van der Waals surface area contributed by atoms with Crippen LogP contribution in [-0.2, 0) is 4.74 Å². The van der Waals surface area contributed by atoms with Crippen LogP contribution in [0, 0.1) is 0 Å². The van der Waals surface area contributed by atoms with Gasteiger partial charge < -0.3 is 14.5 Å². The van der Waals surface area contributed by atoms with E-state index in [1.54, 1.807) is 0 Å². The molecule has 2 heterocycles. The van der Waals surface area contributed by atoms with Gasteiger partial charge in [-0.3, -0.25) is 4.79 Å². The number of ether oxygens (including phenoxy) is 1.